The zero-order chi connectivity index (χ0) is 17.1. The third-order valence-electron chi connectivity index (χ3n) is 4.43. The first-order valence-corrected chi connectivity index (χ1v) is 8.20. The highest BCUT2D eigenvalue weighted by molar-refractivity contribution is 6.49. The molecule has 0 heterocycles. The first-order valence-electron chi connectivity index (χ1n) is 8.20. The SMILES string of the molecule is Cc1ccc(CNC2C(=O)C(=O)C2NCc2ccc(C)cc2)cc1. The smallest absolute Gasteiger partial charge is 0.219 e. The van der Waals surface area contributed by atoms with Gasteiger partial charge in [0.2, 0.25) is 11.6 Å². The molecule has 2 unspecified atom stereocenters. The van der Waals surface area contributed by atoms with Crippen molar-refractivity contribution in [1.82, 2.24) is 10.6 Å². The van der Waals surface area contributed by atoms with E-state index in [1.807, 2.05) is 62.4 Å². The summed E-state index contributed by atoms with van der Waals surface area (Å²) in [5.74, 6) is -0.660. The quantitative estimate of drug-likeness (QED) is 0.800. The van der Waals surface area contributed by atoms with Gasteiger partial charge in [0.05, 0.1) is 12.1 Å². The van der Waals surface area contributed by atoms with Crippen molar-refractivity contribution in [3.8, 4) is 0 Å². The van der Waals surface area contributed by atoms with Crippen LogP contribution in [0.25, 0.3) is 0 Å². The molecule has 2 aromatic rings. The summed E-state index contributed by atoms with van der Waals surface area (Å²) in [6.07, 6.45) is 0. The third-order valence-corrected chi connectivity index (χ3v) is 4.43. The molecule has 2 aromatic carbocycles. The molecule has 1 aliphatic carbocycles. The standard InChI is InChI=1S/C20H22N2O2/c1-13-3-7-15(8-4-13)11-21-17-18(20(24)19(17)23)22-12-16-9-5-14(2)6-10-16/h3-10,17-18,21-22H,11-12H2,1-2H3. The average Bonchev–Trinajstić information content (AvgIpc) is 2.60. The molecule has 3 rings (SSSR count). The largest absolute Gasteiger partial charge is 0.301 e. The summed E-state index contributed by atoms with van der Waals surface area (Å²) in [7, 11) is 0. The Morgan fingerprint density at radius 2 is 1.00 bits per heavy atom. The van der Waals surface area contributed by atoms with Gasteiger partial charge in [-0.2, -0.15) is 0 Å². The van der Waals surface area contributed by atoms with Gasteiger partial charge < -0.3 is 10.6 Å². The number of rotatable bonds is 6. The van der Waals surface area contributed by atoms with Gasteiger partial charge in [-0.25, -0.2) is 0 Å². The van der Waals surface area contributed by atoms with Crippen LogP contribution in [0.1, 0.15) is 22.3 Å². The van der Waals surface area contributed by atoms with Gasteiger partial charge in [-0.3, -0.25) is 9.59 Å². The van der Waals surface area contributed by atoms with Crippen LogP contribution < -0.4 is 10.6 Å². The van der Waals surface area contributed by atoms with E-state index in [1.54, 1.807) is 0 Å². The van der Waals surface area contributed by atoms with Crippen LogP contribution in [0.4, 0.5) is 0 Å². The Morgan fingerprint density at radius 1 is 0.667 bits per heavy atom. The van der Waals surface area contributed by atoms with E-state index in [0.29, 0.717) is 13.1 Å². The highest BCUT2D eigenvalue weighted by Gasteiger charge is 2.48. The lowest BCUT2D eigenvalue weighted by Gasteiger charge is -2.34. The number of carbonyl (C=O) groups excluding carboxylic acids is 2. The molecule has 2 N–H and O–H groups in total. The van der Waals surface area contributed by atoms with Gasteiger partial charge in [0.1, 0.15) is 0 Å². The van der Waals surface area contributed by atoms with Gasteiger partial charge in [0, 0.05) is 13.1 Å². The van der Waals surface area contributed by atoms with E-state index in [0.717, 1.165) is 11.1 Å². The van der Waals surface area contributed by atoms with E-state index in [2.05, 4.69) is 10.6 Å². The monoisotopic (exact) mass is 322 g/mol. The molecule has 0 amide bonds. The van der Waals surface area contributed by atoms with Crippen LogP contribution in [0.5, 0.6) is 0 Å². The van der Waals surface area contributed by atoms with E-state index < -0.39 is 12.1 Å². The number of nitrogens with one attached hydrogen (secondary N) is 2. The Morgan fingerprint density at radius 3 is 1.33 bits per heavy atom. The number of hydrogen-bond acceptors (Lipinski definition) is 4. The molecule has 0 aliphatic heterocycles. The van der Waals surface area contributed by atoms with Gasteiger partial charge in [0.15, 0.2) is 0 Å². The lowest BCUT2D eigenvalue weighted by molar-refractivity contribution is -0.147. The van der Waals surface area contributed by atoms with E-state index in [9.17, 15) is 9.59 Å². The van der Waals surface area contributed by atoms with Crippen molar-refractivity contribution < 1.29 is 9.59 Å². The number of ketones is 2. The van der Waals surface area contributed by atoms with Crippen LogP contribution in [-0.2, 0) is 22.7 Å². The number of benzene rings is 2. The van der Waals surface area contributed by atoms with Gasteiger partial charge >= 0.3 is 0 Å². The van der Waals surface area contributed by atoms with E-state index in [4.69, 9.17) is 0 Å². The minimum absolute atomic E-state index is 0.330. The Hall–Kier alpha value is -2.30. The van der Waals surface area contributed by atoms with Crippen molar-refractivity contribution in [3.05, 3.63) is 70.8 Å². The maximum Gasteiger partial charge on any atom is 0.219 e. The number of Topliss-reactive ketones (excluding diaryl/α,β-unsaturated/α-hetero) is 2. The first-order chi connectivity index (χ1) is 11.5. The number of carbonyl (C=O) groups is 2. The molecule has 1 saturated carbocycles. The maximum atomic E-state index is 11.9. The molecule has 24 heavy (non-hydrogen) atoms. The topological polar surface area (TPSA) is 58.2 Å². The fourth-order valence-electron chi connectivity index (χ4n) is 2.80. The Labute approximate surface area is 142 Å². The lowest BCUT2D eigenvalue weighted by atomic mass is 9.82. The van der Waals surface area contributed by atoms with Crippen LogP contribution in [0.3, 0.4) is 0 Å². The maximum absolute atomic E-state index is 11.9. The van der Waals surface area contributed by atoms with E-state index in [1.165, 1.54) is 11.1 Å². The third kappa shape index (κ3) is 3.61. The Bertz CT molecular complexity index is 670. The molecule has 0 radical (unpaired) electrons. The summed E-state index contributed by atoms with van der Waals surface area (Å²) >= 11 is 0. The fourth-order valence-corrected chi connectivity index (χ4v) is 2.80. The molecular weight excluding hydrogens is 300 g/mol. The van der Waals surface area contributed by atoms with E-state index in [-0.39, 0.29) is 11.6 Å². The molecule has 2 atom stereocenters. The van der Waals surface area contributed by atoms with Crippen molar-refractivity contribution in [2.75, 3.05) is 0 Å². The van der Waals surface area contributed by atoms with Crippen LogP contribution in [-0.4, -0.2) is 23.7 Å². The second-order valence-corrected chi connectivity index (χ2v) is 6.42. The summed E-state index contributed by atoms with van der Waals surface area (Å²) in [6.45, 7) is 5.23. The Kier molecular flexibility index (Phi) is 4.88. The Balaban J connectivity index is 1.56. The first kappa shape index (κ1) is 16.6. The van der Waals surface area contributed by atoms with Crippen molar-refractivity contribution in [3.63, 3.8) is 0 Å². The molecule has 124 valence electrons. The summed E-state index contributed by atoms with van der Waals surface area (Å²) in [6, 6.07) is 15.4. The van der Waals surface area contributed by atoms with Crippen molar-refractivity contribution >= 4 is 11.6 Å². The summed E-state index contributed by atoms with van der Waals surface area (Å²) in [5.41, 5.74) is 4.60. The summed E-state index contributed by atoms with van der Waals surface area (Å²) in [4.78, 5) is 23.7. The molecule has 4 nitrogen and oxygen atoms in total. The van der Waals surface area contributed by atoms with Crippen molar-refractivity contribution in [2.24, 2.45) is 0 Å². The second kappa shape index (κ2) is 7.07. The highest BCUT2D eigenvalue weighted by Crippen LogP contribution is 2.15. The summed E-state index contributed by atoms with van der Waals surface area (Å²) < 4.78 is 0. The molecule has 0 bridgehead atoms. The van der Waals surface area contributed by atoms with Crippen molar-refractivity contribution in [1.29, 1.82) is 0 Å². The molecule has 0 saturated heterocycles. The van der Waals surface area contributed by atoms with Crippen LogP contribution in [0.15, 0.2) is 48.5 Å². The van der Waals surface area contributed by atoms with Crippen LogP contribution in [0, 0.1) is 13.8 Å². The predicted molar refractivity (Wildman–Crippen MR) is 93.6 cm³/mol. The summed E-state index contributed by atoms with van der Waals surface area (Å²) in [5, 5.41) is 6.40. The zero-order valence-electron chi connectivity index (χ0n) is 14.0. The minimum atomic E-state index is -0.441. The molecule has 0 spiro atoms. The van der Waals surface area contributed by atoms with Gasteiger partial charge in [-0.1, -0.05) is 59.7 Å². The van der Waals surface area contributed by atoms with E-state index >= 15 is 0 Å². The second-order valence-electron chi connectivity index (χ2n) is 6.42. The van der Waals surface area contributed by atoms with Gasteiger partial charge in [0.25, 0.3) is 0 Å². The van der Waals surface area contributed by atoms with Crippen molar-refractivity contribution in [2.45, 2.75) is 39.0 Å². The predicted octanol–water partition coefficient (Wildman–Crippen LogP) is 2.07. The van der Waals surface area contributed by atoms with Gasteiger partial charge in [-0.05, 0) is 25.0 Å². The van der Waals surface area contributed by atoms with Crippen LogP contribution >= 0.6 is 0 Å². The lowest BCUT2D eigenvalue weighted by Crippen LogP contribution is -2.69. The van der Waals surface area contributed by atoms with Crippen LogP contribution in [0.2, 0.25) is 0 Å². The van der Waals surface area contributed by atoms with Gasteiger partial charge in [-0.15, -0.1) is 0 Å². The molecule has 0 aromatic heterocycles. The highest BCUT2D eigenvalue weighted by atomic mass is 16.2. The number of hydrogen-bond donors (Lipinski definition) is 2. The molecule has 1 aliphatic rings. The molecular formula is C20H22N2O2. The fraction of sp³-hybridized carbons (Fsp3) is 0.300. The molecule has 4 heteroatoms. The molecule has 1 fully saturated rings. The number of aryl methyl sites for hydroxylation is 2. The normalized spacial score (nSPS) is 20.1. The minimum Gasteiger partial charge on any atom is -0.301 e. The zero-order valence-corrected chi connectivity index (χ0v) is 14.0. The average molecular weight is 322 g/mol.